The van der Waals surface area contributed by atoms with Crippen molar-refractivity contribution in [1.82, 2.24) is 9.97 Å². The van der Waals surface area contributed by atoms with Crippen LogP contribution in [0.3, 0.4) is 0 Å². The number of hydrogen-bond donors (Lipinski definition) is 2. The monoisotopic (exact) mass is 348 g/mol. The minimum Gasteiger partial charge on any atom is -0.375 e. The first-order valence-corrected chi connectivity index (χ1v) is 8.69. The van der Waals surface area contributed by atoms with Gasteiger partial charge in [-0.1, -0.05) is 12.1 Å². The largest absolute Gasteiger partial charge is 0.375 e. The molecule has 26 heavy (non-hydrogen) atoms. The molecule has 6 heteroatoms. The molecule has 3 aromatic rings. The second-order valence-electron chi connectivity index (χ2n) is 6.60. The number of anilines is 2. The first-order chi connectivity index (χ1) is 12.5. The molecule has 1 aliphatic rings. The Labute approximate surface area is 150 Å². The predicted octanol–water partition coefficient (Wildman–Crippen LogP) is 3.01. The molecule has 0 bridgehead atoms. The smallest absolute Gasteiger partial charge is 0.258 e. The normalized spacial score (nSPS) is 14.3. The van der Waals surface area contributed by atoms with Crippen molar-refractivity contribution in [3.05, 3.63) is 64.2 Å². The van der Waals surface area contributed by atoms with Crippen LogP contribution in [0.25, 0.3) is 10.9 Å². The molecule has 0 saturated carbocycles. The summed E-state index contributed by atoms with van der Waals surface area (Å²) in [6, 6.07) is 13.1. The van der Waals surface area contributed by atoms with Crippen molar-refractivity contribution >= 4 is 28.2 Å². The zero-order valence-electron chi connectivity index (χ0n) is 14.7. The fraction of sp³-hybridized carbons (Fsp3) is 0.250. The maximum atomic E-state index is 12.2. The number of aromatic nitrogens is 2. The van der Waals surface area contributed by atoms with Crippen LogP contribution in [-0.2, 0) is 11.2 Å². The summed E-state index contributed by atoms with van der Waals surface area (Å²) in [5.74, 6) is 0.662. The fourth-order valence-corrected chi connectivity index (χ4v) is 3.45. The predicted molar refractivity (Wildman–Crippen MR) is 103 cm³/mol. The zero-order valence-corrected chi connectivity index (χ0v) is 14.7. The first kappa shape index (κ1) is 16.3. The van der Waals surface area contributed by atoms with E-state index in [4.69, 9.17) is 0 Å². The number of rotatable bonds is 3. The van der Waals surface area contributed by atoms with E-state index in [2.05, 4.69) is 21.4 Å². The lowest BCUT2D eigenvalue weighted by atomic mass is 10.1. The number of hydrogen-bond acceptors (Lipinski definition) is 4. The van der Waals surface area contributed by atoms with Crippen LogP contribution in [0.15, 0.2) is 47.3 Å². The third-order valence-electron chi connectivity index (χ3n) is 4.78. The van der Waals surface area contributed by atoms with E-state index in [0.29, 0.717) is 16.7 Å². The highest BCUT2D eigenvalue weighted by molar-refractivity contribution is 5.94. The second kappa shape index (κ2) is 6.29. The summed E-state index contributed by atoms with van der Waals surface area (Å²) in [5, 5.41) is 3.98. The standard InChI is InChI=1S/C20H20N4O2/c1-12(19-22-17-6-4-3-5-16(17)20(26)23-19)21-15-7-8-18-14(11-15)9-10-24(18)13(2)25/h3-8,11-12,21H,9-10H2,1-2H3,(H,22,23,26)/t12-/m1/s1. The summed E-state index contributed by atoms with van der Waals surface area (Å²) in [5.41, 5.74) is 3.62. The van der Waals surface area contributed by atoms with Crippen molar-refractivity contribution in [3.8, 4) is 0 Å². The average molecular weight is 348 g/mol. The van der Waals surface area contributed by atoms with Gasteiger partial charge in [0.25, 0.3) is 5.56 Å². The summed E-state index contributed by atoms with van der Waals surface area (Å²) in [7, 11) is 0. The molecule has 0 fully saturated rings. The van der Waals surface area contributed by atoms with Gasteiger partial charge in [-0.15, -0.1) is 0 Å². The number of H-pyrrole nitrogens is 1. The number of fused-ring (bicyclic) bond motifs is 2. The van der Waals surface area contributed by atoms with Gasteiger partial charge in [0.1, 0.15) is 5.82 Å². The Morgan fingerprint density at radius 1 is 1.27 bits per heavy atom. The van der Waals surface area contributed by atoms with Gasteiger partial charge in [-0.2, -0.15) is 0 Å². The van der Waals surface area contributed by atoms with Gasteiger partial charge in [0, 0.05) is 24.8 Å². The number of nitrogens with one attached hydrogen (secondary N) is 2. The van der Waals surface area contributed by atoms with E-state index in [1.807, 2.05) is 37.3 Å². The number of carbonyl (C=O) groups excluding carboxylic acids is 1. The Bertz CT molecular complexity index is 1060. The maximum Gasteiger partial charge on any atom is 0.258 e. The third kappa shape index (κ3) is 2.83. The molecule has 1 atom stereocenters. The van der Waals surface area contributed by atoms with Gasteiger partial charge in [-0.25, -0.2) is 4.98 Å². The summed E-state index contributed by atoms with van der Waals surface area (Å²) < 4.78 is 0. The maximum absolute atomic E-state index is 12.2. The van der Waals surface area contributed by atoms with Crippen molar-refractivity contribution in [1.29, 1.82) is 0 Å². The quantitative estimate of drug-likeness (QED) is 0.763. The minimum absolute atomic E-state index is 0.0655. The lowest BCUT2D eigenvalue weighted by Crippen LogP contribution is -2.25. The van der Waals surface area contributed by atoms with Crippen molar-refractivity contribution in [2.75, 3.05) is 16.8 Å². The summed E-state index contributed by atoms with van der Waals surface area (Å²) >= 11 is 0. The van der Waals surface area contributed by atoms with Gasteiger partial charge in [0.2, 0.25) is 5.91 Å². The summed E-state index contributed by atoms with van der Waals surface area (Å²) in [4.78, 5) is 33.1. The van der Waals surface area contributed by atoms with Gasteiger partial charge in [0.15, 0.2) is 0 Å². The molecule has 1 amide bonds. The molecule has 0 spiro atoms. The van der Waals surface area contributed by atoms with E-state index in [1.165, 1.54) is 0 Å². The lowest BCUT2D eigenvalue weighted by molar-refractivity contribution is -0.116. The SMILES string of the molecule is CC(=O)N1CCc2cc(N[C@H](C)c3nc4ccccc4c(=O)[nH]3)ccc21. The van der Waals surface area contributed by atoms with Gasteiger partial charge in [0.05, 0.1) is 16.9 Å². The molecule has 2 heterocycles. The van der Waals surface area contributed by atoms with Crippen LogP contribution in [0.4, 0.5) is 11.4 Å². The molecule has 1 aliphatic heterocycles. The first-order valence-electron chi connectivity index (χ1n) is 8.69. The van der Waals surface area contributed by atoms with E-state index in [0.717, 1.165) is 29.9 Å². The van der Waals surface area contributed by atoms with Crippen LogP contribution in [0.2, 0.25) is 0 Å². The number of nitrogens with zero attached hydrogens (tertiary/aromatic N) is 2. The Balaban J connectivity index is 1.60. The molecule has 0 aliphatic carbocycles. The highest BCUT2D eigenvalue weighted by atomic mass is 16.2. The molecule has 0 unspecified atom stereocenters. The molecule has 132 valence electrons. The van der Waals surface area contributed by atoms with E-state index in [-0.39, 0.29) is 17.5 Å². The minimum atomic E-state index is -0.157. The molecule has 2 N–H and O–H groups in total. The van der Waals surface area contributed by atoms with Gasteiger partial charge in [-0.3, -0.25) is 9.59 Å². The fourth-order valence-electron chi connectivity index (χ4n) is 3.45. The van der Waals surface area contributed by atoms with Crippen molar-refractivity contribution in [3.63, 3.8) is 0 Å². The molecule has 4 rings (SSSR count). The van der Waals surface area contributed by atoms with E-state index < -0.39 is 0 Å². The number of aromatic amines is 1. The van der Waals surface area contributed by atoms with Crippen LogP contribution in [0.1, 0.15) is 31.3 Å². The van der Waals surface area contributed by atoms with Crippen molar-refractivity contribution < 1.29 is 4.79 Å². The highest BCUT2D eigenvalue weighted by Gasteiger charge is 2.22. The number of para-hydroxylation sites is 1. The highest BCUT2D eigenvalue weighted by Crippen LogP contribution is 2.31. The Kier molecular flexibility index (Phi) is 3.95. The topological polar surface area (TPSA) is 78.1 Å². The molecule has 2 aromatic carbocycles. The third-order valence-corrected chi connectivity index (χ3v) is 4.78. The van der Waals surface area contributed by atoms with Crippen molar-refractivity contribution in [2.45, 2.75) is 26.3 Å². The second-order valence-corrected chi connectivity index (χ2v) is 6.60. The average Bonchev–Trinajstić information content (AvgIpc) is 3.05. The number of carbonyl (C=O) groups is 1. The van der Waals surface area contributed by atoms with Crippen LogP contribution in [0, 0.1) is 0 Å². The molecule has 0 radical (unpaired) electrons. The Morgan fingerprint density at radius 2 is 2.08 bits per heavy atom. The number of amides is 1. The van der Waals surface area contributed by atoms with Gasteiger partial charge in [-0.05, 0) is 49.2 Å². The van der Waals surface area contributed by atoms with Crippen LogP contribution < -0.4 is 15.8 Å². The molecule has 1 aromatic heterocycles. The van der Waals surface area contributed by atoms with E-state index >= 15 is 0 Å². The molecular weight excluding hydrogens is 328 g/mol. The molecular formula is C20H20N4O2. The van der Waals surface area contributed by atoms with Crippen LogP contribution in [-0.4, -0.2) is 22.4 Å². The molecule has 0 saturated heterocycles. The van der Waals surface area contributed by atoms with E-state index in [9.17, 15) is 9.59 Å². The zero-order chi connectivity index (χ0) is 18.3. The van der Waals surface area contributed by atoms with Crippen molar-refractivity contribution in [2.24, 2.45) is 0 Å². The van der Waals surface area contributed by atoms with Gasteiger partial charge < -0.3 is 15.2 Å². The Hall–Kier alpha value is -3.15. The molecule has 6 nitrogen and oxygen atoms in total. The van der Waals surface area contributed by atoms with Crippen LogP contribution >= 0.6 is 0 Å². The summed E-state index contributed by atoms with van der Waals surface area (Å²) in [6.45, 7) is 4.27. The van der Waals surface area contributed by atoms with Crippen LogP contribution in [0.5, 0.6) is 0 Å². The van der Waals surface area contributed by atoms with Gasteiger partial charge >= 0.3 is 0 Å². The number of benzene rings is 2. The summed E-state index contributed by atoms with van der Waals surface area (Å²) in [6.07, 6.45) is 0.851. The van der Waals surface area contributed by atoms with E-state index in [1.54, 1.807) is 17.9 Å². The Morgan fingerprint density at radius 3 is 2.88 bits per heavy atom. The lowest BCUT2D eigenvalue weighted by Gasteiger charge is -2.17.